The molecule has 1 saturated carbocycles. The summed E-state index contributed by atoms with van der Waals surface area (Å²) in [6, 6.07) is 14.2. The average molecular weight is 434 g/mol. The van der Waals surface area contributed by atoms with Crippen LogP contribution in [0.25, 0.3) is 10.9 Å². The lowest BCUT2D eigenvalue weighted by Gasteiger charge is -2.24. The zero-order valence-electron chi connectivity index (χ0n) is 19.0. The number of carbonyl (C=O) groups is 2. The summed E-state index contributed by atoms with van der Waals surface area (Å²) < 4.78 is 7.12. The van der Waals surface area contributed by atoms with Gasteiger partial charge in [0.1, 0.15) is 5.69 Å². The second-order valence-electron chi connectivity index (χ2n) is 8.69. The molecule has 2 N–H and O–H groups in total. The molecule has 0 radical (unpaired) electrons. The standard InChI is InChI=1S/C26H31N3O3/c1-17-7-8-18(2)21(13-17)16-29-23-10-9-22(28-25(30)19-5-4-6-19)14-20(23)15-24(29)26(31)27-11-12-32-3/h7-10,13-15,19H,4-6,11-12,16H2,1-3H3,(H,27,31)(H,28,30). The van der Waals surface area contributed by atoms with E-state index in [-0.39, 0.29) is 17.7 Å². The molecule has 32 heavy (non-hydrogen) atoms. The highest BCUT2D eigenvalue weighted by molar-refractivity contribution is 6.01. The molecule has 0 unspecified atom stereocenters. The van der Waals surface area contributed by atoms with Crippen LogP contribution in [0.5, 0.6) is 0 Å². The van der Waals surface area contributed by atoms with Gasteiger partial charge in [-0.25, -0.2) is 0 Å². The van der Waals surface area contributed by atoms with Crippen molar-refractivity contribution in [1.82, 2.24) is 9.88 Å². The van der Waals surface area contributed by atoms with E-state index in [1.54, 1.807) is 7.11 Å². The third-order valence-corrected chi connectivity index (χ3v) is 6.30. The van der Waals surface area contributed by atoms with Crippen molar-refractivity contribution in [2.45, 2.75) is 39.7 Å². The van der Waals surface area contributed by atoms with Crippen molar-refractivity contribution < 1.29 is 14.3 Å². The number of nitrogens with zero attached hydrogens (tertiary/aromatic N) is 1. The van der Waals surface area contributed by atoms with Gasteiger partial charge in [0, 0.05) is 42.7 Å². The van der Waals surface area contributed by atoms with Crippen molar-refractivity contribution in [3.8, 4) is 0 Å². The molecule has 0 aliphatic heterocycles. The van der Waals surface area contributed by atoms with E-state index >= 15 is 0 Å². The molecule has 0 spiro atoms. The number of rotatable bonds is 8. The average Bonchev–Trinajstić information content (AvgIpc) is 3.07. The summed E-state index contributed by atoms with van der Waals surface area (Å²) in [5.74, 6) is 0.0771. The first kappa shape index (κ1) is 22.1. The summed E-state index contributed by atoms with van der Waals surface area (Å²) >= 11 is 0. The fraction of sp³-hybridized carbons (Fsp3) is 0.385. The van der Waals surface area contributed by atoms with Gasteiger partial charge in [0.15, 0.2) is 0 Å². The van der Waals surface area contributed by atoms with E-state index < -0.39 is 0 Å². The van der Waals surface area contributed by atoms with Crippen LogP contribution in [-0.2, 0) is 16.1 Å². The number of benzene rings is 2. The van der Waals surface area contributed by atoms with Gasteiger partial charge in [-0.15, -0.1) is 0 Å². The number of aromatic nitrogens is 1. The lowest BCUT2D eigenvalue weighted by atomic mass is 9.85. The molecule has 6 heteroatoms. The second-order valence-corrected chi connectivity index (χ2v) is 8.69. The predicted octanol–water partition coefficient (Wildman–Crippen LogP) is 4.42. The number of hydrogen-bond donors (Lipinski definition) is 2. The van der Waals surface area contributed by atoms with Gasteiger partial charge >= 0.3 is 0 Å². The molecule has 0 atom stereocenters. The SMILES string of the molecule is COCCNC(=O)c1cc2cc(NC(=O)C3CCC3)ccc2n1Cc1cc(C)ccc1C. The summed E-state index contributed by atoms with van der Waals surface area (Å²) in [6.07, 6.45) is 3.05. The monoisotopic (exact) mass is 433 g/mol. The first-order chi connectivity index (χ1) is 15.5. The number of amides is 2. The van der Waals surface area contributed by atoms with Gasteiger partial charge in [0.2, 0.25) is 5.91 Å². The topological polar surface area (TPSA) is 72.4 Å². The van der Waals surface area contributed by atoms with Gasteiger partial charge < -0.3 is 19.9 Å². The Morgan fingerprint density at radius 1 is 1.09 bits per heavy atom. The molecular weight excluding hydrogens is 402 g/mol. The van der Waals surface area contributed by atoms with E-state index in [1.807, 2.05) is 24.3 Å². The van der Waals surface area contributed by atoms with Crippen LogP contribution in [0.15, 0.2) is 42.5 Å². The fourth-order valence-electron chi connectivity index (χ4n) is 4.12. The Morgan fingerprint density at radius 2 is 1.91 bits per heavy atom. The highest BCUT2D eigenvalue weighted by Crippen LogP contribution is 2.29. The van der Waals surface area contributed by atoms with E-state index in [0.29, 0.717) is 25.4 Å². The minimum absolute atomic E-state index is 0.0861. The fourth-order valence-corrected chi connectivity index (χ4v) is 4.12. The van der Waals surface area contributed by atoms with Crippen LogP contribution in [-0.4, -0.2) is 36.6 Å². The summed E-state index contributed by atoms with van der Waals surface area (Å²) in [5.41, 5.74) is 5.88. The zero-order valence-corrected chi connectivity index (χ0v) is 19.0. The summed E-state index contributed by atoms with van der Waals surface area (Å²) in [7, 11) is 1.61. The van der Waals surface area contributed by atoms with E-state index in [9.17, 15) is 9.59 Å². The first-order valence-corrected chi connectivity index (χ1v) is 11.2. The number of methoxy groups -OCH3 is 1. The Morgan fingerprint density at radius 3 is 2.62 bits per heavy atom. The van der Waals surface area contributed by atoms with Crippen LogP contribution in [0.1, 0.15) is 46.4 Å². The Labute approximate surface area is 188 Å². The van der Waals surface area contributed by atoms with E-state index in [2.05, 4.69) is 47.2 Å². The number of nitrogens with one attached hydrogen (secondary N) is 2. The summed E-state index contributed by atoms with van der Waals surface area (Å²) in [6.45, 7) is 5.67. The predicted molar refractivity (Wildman–Crippen MR) is 127 cm³/mol. The van der Waals surface area contributed by atoms with Crippen LogP contribution < -0.4 is 10.6 Å². The van der Waals surface area contributed by atoms with Crippen molar-refractivity contribution in [3.05, 3.63) is 64.8 Å². The largest absolute Gasteiger partial charge is 0.383 e. The third kappa shape index (κ3) is 4.70. The molecule has 1 aliphatic rings. The van der Waals surface area contributed by atoms with E-state index in [0.717, 1.165) is 35.9 Å². The Hall–Kier alpha value is -3.12. The highest BCUT2D eigenvalue weighted by Gasteiger charge is 2.25. The molecule has 6 nitrogen and oxygen atoms in total. The Bertz CT molecular complexity index is 1140. The maximum atomic E-state index is 13.0. The van der Waals surface area contributed by atoms with Crippen molar-refractivity contribution in [3.63, 3.8) is 0 Å². The van der Waals surface area contributed by atoms with Crippen molar-refractivity contribution in [1.29, 1.82) is 0 Å². The molecule has 2 amide bonds. The lowest BCUT2D eigenvalue weighted by molar-refractivity contribution is -0.122. The normalized spacial score (nSPS) is 13.7. The molecule has 168 valence electrons. The number of hydrogen-bond acceptors (Lipinski definition) is 3. The molecule has 1 fully saturated rings. The number of aryl methyl sites for hydroxylation is 2. The maximum Gasteiger partial charge on any atom is 0.268 e. The molecular formula is C26H31N3O3. The lowest BCUT2D eigenvalue weighted by Crippen LogP contribution is -2.29. The van der Waals surface area contributed by atoms with Gasteiger partial charge in [-0.2, -0.15) is 0 Å². The zero-order chi connectivity index (χ0) is 22.7. The molecule has 0 saturated heterocycles. The van der Waals surface area contributed by atoms with Crippen LogP contribution in [0.3, 0.4) is 0 Å². The van der Waals surface area contributed by atoms with Crippen molar-refractivity contribution >= 4 is 28.4 Å². The smallest absolute Gasteiger partial charge is 0.268 e. The third-order valence-electron chi connectivity index (χ3n) is 6.30. The first-order valence-electron chi connectivity index (χ1n) is 11.2. The van der Waals surface area contributed by atoms with Gasteiger partial charge in [0.25, 0.3) is 5.91 Å². The van der Waals surface area contributed by atoms with Crippen LogP contribution in [0.4, 0.5) is 5.69 Å². The number of fused-ring (bicyclic) bond motifs is 1. The molecule has 1 heterocycles. The van der Waals surface area contributed by atoms with Crippen LogP contribution >= 0.6 is 0 Å². The number of ether oxygens (including phenoxy) is 1. The quantitative estimate of drug-likeness (QED) is 0.517. The Kier molecular flexibility index (Phi) is 6.61. The van der Waals surface area contributed by atoms with Gasteiger partial charge in [-0.1, -0.05) is 30.2 Å². The molecule has 3 aromatic rings. The van der Waals surface area contributed by atoms with E-state index in [1.165, 1.54) is 16.7 Å². The summed E-state index contributed by atoms with van der Waals surface area (Å²) in [5, 5.41) is 6.90. The van der Waals surface area contributed by atoms with Gasteiger partial charge in [-0.05, 0) is 62.1 Å². The number of carbonyl (C=O) groups excluding carboxylic acids is 2. The molecule has 1 aliphatic carbocycles. The van der Waals surface area contributed by atoms with Crippen LogP contribution in [0.2, 0.25) is 0 Å². The Balaban J connectivity index is 1.68. The second kappa shape index (κ2) is 9.57. The van der Waals surface area contributed by atoms with Crippen LogP contribution in [0, 0.1) is 19.8 Å². The minimum atomic E-state index is -0.136. The maximum absolute atomic E-state index is 13.0. The summed E-state index contributed by atoms with van der Waals surface area (Å²) in [4.78, 5) is 25.4. The van der Waals surface area contributed by atoms with Gasteiger partial charge in [0.05, 0.1) is 6.61 Å². The molecule has 2 aromatic carbocycles. The van der Waals surface area contributed by atoms with Gasteiger partial charge in [-0.3, -0.25) is 9.59 Å². The minimum Gasteiger partial charge on any atom is -0.383 e. The highest BCUT2D eigenvalue weighted by atomic mass is 16.5. The van der Waals surface area contributed by atoms with Crippen molar-refractivity contribution in [2.75, 3.05) is 25.6 Å². The molecule has 1 aromatic heterocycles. The molecule has 4 rings (SSSR count). The van der Waals surface area contributed by atoms with E-state index in [4.69, 9.17) is 4.74 Å². The molecule has 0 bridgehead atoms. The number of anilines is 1. The van der Waals surface area contributed by atoms with Crippen molar-refractivity contribution in [2.24, 2.45) is 5.92 Å².